The number of hydrogen-bond donors (Lipinski definition) is 4. The van der Waals surface area contributed by atoms with E-state index in [0.29, 0.717) is 99.3 Å². The third kappa shape index (κ3) is 21.9. The average molecular weight is 1460 g/mol. The molecule has 0 fully saturated rings. The number of aliphatic hydroxyl groups is 2. The normalized spacial score (nSPS) is 14.3. The van der Waals surface area contributed by atoms with Gasteiger partial charge < -0.3 is 85.8 Å². The number of allylic oxidation sites excluding steroid dienone is 2. The second-order valence-electron chi connectivity index (χ2n) is 27.2. The van der Waals surface area contributed by atoms with Crippen LogP contribution in [0.3, 0.4) is 0 Å². The molecule has 22 nitrogen and oxygen atoms in total. The fourth-order valence-corrected chi connectivity index (χ4v) is 12.7. The highest BCUT2D eigenvalue weighted by molar-refractivity contribution is 6.04. The van der Waals surface area contributed by atoms with E-state index in [1.54, 1.807) is 81.5 Å². The van der Waals surface area contributed by atoms with Gasteiger partial charge in [0.1, 0.15) is 17.7 Å². The predicted octanol–water partition coefficient (Wildman–Crippen LogP) is 8.10. The number of aliphatic hydroxyl groups excluding tert-OH is 2. The number of carbonyl (C=O) groups excluding carboxylic acids is 7. The summed E-state index contributed by atoms with van der Waals surface area (Å²) in [5.41, 5.74) is 10.2. The lowest BCUT2D eigenvalue weighted by Crippen LogP contribution is -3.00. The van der Waals surface area contributed by atoms with Crippen LogP contribution in [-0.4, -0.2) is 138 Å². The van der Waals surface area contributed by atoms with Gasteiger partial charge in [0, 0.05) is 43.2 Å². The maximum atomic E-state index is 14.0. The maximum absolute atomic E-state index is 14.0. The van der Waals surface area contributed by atoms with E-state index in [9.17, 15) is 43.8 Å². The van der Waals surface area contributed by atoms with Crippen molar-refractivity contribution in [2.24, 2.45) is 23.7 Å². The van der Waals surface area contributed by atoms with E-state index >= 15 is 0 Å². The largest absolute Gasteiger partial charge is 1.00 e. The van der Waals surface area contributed by atoms with Crippen molar-refractivity contribution in [3.63, 3.8) is 0 Å². The number of Topliss-reactive ketones (excluding diaryl/α,β-unsaturated/α-hetero) is 2. The number of esters is 2. The Hall–Kier alpha value is -9.74. The van der Waals surface area contributed by atoms with Gasteiger partial charge in [0.05, 0.1) is 74.8 Å². The van der Waals surface area contributed by atoms with Crippen LogP contribution in [0.25, 0.3) is 11.1 Å². The molecule has 6 unspecified atom stereocenters. The smallest absolute Gasteiger partial charge is 0.407 e. The van der Waals surface area contributed by atoms with Gasteiger partial charge in [0.15, 0.2) is 75.2 Å². The maximum Gasteiger partial charge on any atom is 0.407 e. The summed E-state index contributed by atoms with van der Waals surface area (Å²) < 4.78 is 62.4. The number of quaternary nitrogens is 1. The number of methoxy groups -OCH3 is 8. The van der Waals surface area contributed by atoms with Crippen LogP contribution in [0.5, 0.6) is 57.5 Å². The zero-order valence-corrected chi connectivity index (χ0v) is 62.8. The van der Waals surface area contributed by atoms with Gasteiger partial charge in [0.2, 0.25) is 11.5 Å². The number of benzene rings is 6. The first-order valence-corrected chi connectivity index (χ1v) is 34.3. The monoisotopic (exact) mass is 1450 g/mol. The van der Waals surface area contributed by atoms with E-state index in [4.69, 9.17) is 52.1 Å². The minimum Gasteiger partial charge on any atom is -1.00 e. The Kier molecular flexibility index (Phi) is 30.9. The van der Waals surface area contributed by atoms with Crippen molar-refractivity contribution < 1.29 is 114 Å². The number of fused-ring (bicyclic) bond motifs is 2. The first kappa shape index (κ1) is 83.2. The molecule has 6 N–H and O–H groups in total. The number of amides is 1. The summed E-state index contributed by atoms with van der Waals surface area (Å²) in [6.07, 6.45) is 1.31. The molecule has 0 spiro atoms. The fraction of sp³-hybridized carbons (Fsp3) is 0.420. The van der Waals surface area contributed by atoms with Crippen molar-refractivity contribution in [3.05, 3.63) is 166 Å². The summed E-state index contributed by atoms with van der Waals surface area (Å²) >= 11 is 0. The number of hydrogen-bond acceptors (Lipinski definition) is 20. The van der Waals surface area contributed by atoms with Crippen LogP contribution in [0.4, 0.5) is 4.79 Å². The van der Waals surface area contributed by atoms with Crippen LogP contribution < -0.4 is 70.8 Å². The summed E-state index contributed by atoms with van der Waals surface area (Å²) in [7, 11) is 12.0. The molecule has 1 amide bonds. The number of ketones is 4. The lowest BCUT2D eigenvalue weighted by molar-refractivity contribution is -0.432. The Morgan fingerprint density at radius 2 is 0.865 bits per heavy atom. The summed E-state index contributed by atoms with van der Waals surface area (Å²) in [6.45, 7) is 12.9. The number of halogens is 1. The molecular weight excluding hydrogens is 1360 g/mol. The number of carbonyl (C=O) groups is 7. The van der Waals surface area contributed by atoms with Crippen molar-refractivity contribution >= 4 is 52.3 Å². The highest BCUT2D eigenvalue weighted by Crippen LogP contribution is 2.49. The predicted molar refractivity (Wildman–Crippen MR) is 388 cm³/mol. The molecule has 104 heavy (non-hydrogen) atoms. The Bertz CT molecular complexity index is 4050. The van der Waals surface area contributed by atoms with E-state index in [1.807, 2.05) is 88.4 Å². The lowest BCUT2D eigenvalue weighted by atomic mass is 9.88. The minimum atomic E-state index is -1.65. The van der Waals surface area contributed by atoms with Crippen LogP contribution >= 0.6 is 0 Å². The Morgan fingerprint density at radius 1 is 0.481 bits per heavy atom. The lowest BCUT2D eigenvalue weighted by Gasteiger charge is -2.27. The van der Waals surface area contributed by atoms with Crippen LogP contribution in [0.15, 0.2) is 121 Å². The number of alkyl carbamates (subject to hydrolysis) is 1. The van der Waals surface area contributed by atoms with Gasteiger partial charge in [0.25, 0.3) is 0 Å². The average Bonchev–Trinajstić information content (AvgIpc) is 1.38. The first-order chi connectivity index (χ1) is 49.1. The molecule has 0 saturated carbocycles. The highest BCUT2D eigenvalue weighted by Gasteiger charge is 2.37. The molecule has 6 aromatic rings. The molecule has 0 heterocycles. The molecule has 23 heteroatoms. The van der Waals surface area contributed by atoms with Gasteiger partial charge in [-0.25, -0.2) is 4.79 Å². The molecule has 8 rings (SSSR count). The molecule has 560 valence electrons. The SMILES string of the molecule is COc1ccc(C2=CC(=O)CCc3c2cc(OC)c(OC)c3OC)cc1OC(=O)C(CC(=O)C(O)C(Cc1ccccc1)NC(=O)OC(C)(C)C)CC(C)C.COc1ccc(C2=CC(=O)CCc3c2cc(OC)c(OC)c3OC)cc1OC(=O)C(CC(=O)C(O)C([NH3+])Cc1ccccc1)CC(C)C.[Cl-]. The Balaban J connectivity index is 0.000000326. The van der Waals surface area contributed by atoms with Gasteiger partial charge in [-0.2, -0.15) is 0 Å². The van der Waals surface area contributed by atoms with Gasteiger partial charge in [-0.1, -0.05) is 100 Å². The molecular formula is C81H99ClN2O20. The van der Waals surface area contributed by atoms with E-state index in [-0.39, 0.29) is 91.6 Å². The topological polar surface area (TPSA) is 301 Å². The summed E-state index contributed by atoms with van der Waals surface area (Å²) in [5.74, 6) is -0.969. The van der Waals surface area contributed by atoms with Crippen LogP contribution in [0, 0.1) is 23.7 Å². The van der Waals surface area contributed by atoms with Gasteiger partial charge in [-0.3, -0.25) is 28.8 Å². The van der Waals surface area contributed by atoms with Crippen molar-refractivity contribution in [2.75, 3.05) is 56.9 Å². The molecule has 6 atom stereocenters. The molecule has 0 bridgehead atoms. The van der Waals surface area contributed by atoms with Crippen molar-refractivity contribution in [3.8, 4) is 57.5 Å². The third-order valence-corrected chi connectivity index (χ3v) is 17.6. The van der Waals surface area contributed by atoms with E-state index in [0.717, 1.165) is 22.3 Å². The molecule has 6 aromatic carbocycles. The fourth-order valence-electron chi connectivity index (χ4n) is 12.7. The minimum absolute atomic E-state index is 0. The van der Waals surface area contributed by atoms with Crippen molar-refractivity contribution in [1.82, 2.24) is 5.32 Å². The van der Waals surface area contributed by atoms with E-state index in [2.05, 4.69) is 11.1 Å². The summed E-state index contributed by atoms with van der Waals surface area (Å²) in [4.78, 5) is 93.6. The van der Waals surface area contributed by atoms with Gasteiger partial charge in [-0.05, 0) is 158 Å². The second kappa shape index (κ2) is 38.7. The molecule has 0 radical (unpaired) electrons. The Morgan fingerprint density at radius 3 is 1.23 bits per heavy atom. The summed E-state index contributed by atoms with van der Waals surface area (Å²) in [5, 5.41) is 24.9. The van der Waals surface area contributed by atoms with E-state index < -0.39 is 71.3 Å². The molecule has 0 saturated heterocycles. The first-order valence-electron chi connectivity index (χ1n) is 34.3. The molecule has 2 aliphatic carbocycles. The molecule has 2 aliphatic rings. The number of rotatable bonds is 31. The second-order valence-corrected chi connectivity index (χ2v) is 27.2. The van der Waals surface area contributed by atoms with Gasteiger partial charge in [-0.15, -0.1) is 0 Å². The highest BCUT2D eigenvalue weighted by atomic mass is 35.5. The van der Waals surface area contributed by atoms with Crippen LogP contribution in [0.2, 0.25) is 0 Å². The zero-order chi connectivity index (χ0) is 75.4. The van der Waals surface area contributed by atoms with Crippen LogP contribution in [-0.2, 0) is 59.2 Å². The zero-order valence-electron chi connectivity index (χ0n) is 62.1. The van der Waals surface area contributed by atoms with Crippen molar-refractivity contribution in [2.45, 2.75) is 143 Å². The standard InChI is InChI=1S/C43H53NO11.C38H45NO9.ClH/c1-25(2)19-28(21-34(46)38(47)33(20-26-13-11-10-12-14-26)44-42(49)55-43(3,4)5)41(48)54-36-22-27(15-18-35(36)50-6)31-23-29(45)16-17-30-32(31)24-37(51-7)40(53-9)39(30)52-8;1-22(2)16-25(18-31(41)35(42)30(39)17-23-10-8-7-9-11-23)38(43)48-33-19-24(12-15-32(33)44-3)28-20-26(40)13-14-27-29(28)21-34(45-4)37(47-6)36(27)46-5;/h10-15,18,22-25,28,33,38,47H,16-17,19-21H2,1-9H3,(H,44,49);7-12,15,19-22,25,30,35,42H,13-14,16-18,39H2,1-6H3;1H. The molecule has 0 aliphatic heterocycles. The van der Waals surface area contributed by atoms with E-state index in [1.165, 1.54) is 56.9 Å². The Labute approximate surface area is 615 Å². The number of nitrogens with one attached hydrogen (secondary N) is 1. The quantitative estimate of drug-likeness (QED) is 0.0236. The third-order valence-electron chi connectivity index (χ3n) is 17.6. The van der Waals surface area contributed by atoms with Gasteiger partial charge >= 0.3 is 18.0 Å². The van der Waals surface area contributed by atoms with Crippen LogP contribution in [0.1, 0.15) is 131 Å². The van der Waals surface area contributed by atoms with Crippen molar-refractivity contribution in [1.29, 1.82) is 0 Å². The molecule has 0 aromatic heterocycles. The summed E-state index contributed by atoms with van der Waals surface area (Å²) in [6, 6.07) is 30.7. The number of ether oxygens (including phenoxy) is 11.